The molecule has 0 aromatic heterocycles. The molecule has 1 saturated heterocycles. The minimum atomic E-state index is -3.63. The Kier molecular flexibility index (Phi) is 6.32. The lowest BCUT2D eigenvalue weighted by atomic mass is 10.2. The van der Waals surface area contributed by atoms with Gasteiger partial charge in [-0.25, -0.2) is 8.42 Å². The van der Waals surface area contributed by atoms with Crippen molar-refractivity contribution in [3.05, 3.63) is 53.1 Å². The van der Waals surface area contributed by atoms with Crippen LogP contribution in [0, 0.1) is 0 Å². The van der Waals surface area contributed by atoms with E-state index in [1.165, 1.54) is 35.3 Å². The Morgan fingerprint density at radius 2 is 1.77 bits per heavy atom. The predicted octanol–water partition coefficient (Wildman–Crippen LogP) is 4.70. The van der Waals surface area contributed by atoms with Crippen LogP contribution in [-0.2, 0) is 10.0 Å². The van der Waals surface area contributed by atoms with E-state index in [0.29, 0.717) is 24.5 Å². The highest BCUT2D eigenvalue weighted by Crippen LogP contribution is 2.28. The van der Waals surface area contributed by atoms with E-state index in [4.69, 9.17) is 16.3 Å². The Labute approximate surface area is 182 Å². The molecule has 2 aromatic carbocycles. The van der Waals surface area contributed by atoms with Crippen LogP contribution in [0.1, 0.15) is 48.9 Å². The van der Waals surface area contributed by atoms with Crippen LogP contribution in [0.2, 0.25) is 5.02 Å². The molecule has 1 heterocycles. The molecule has 6 nitrogen and oxygen atoms in total. The van der Waals surface area contributed by atoms with E-state index in [-0.39, 0.29) is 21.6 Å². The molecular weight excluding hydrogens is 424 g/mol. The maximum Gasteiger partial charge on any atom is 0.257 e. The van der Waals surface area contributed by atoms with E-state index in [1.807, 2.05) is 12.1 Å². The maximum atomic E-state index is 12.8. The topological polar surface area (TPSA) is 75.7 Å². The SMILES string of the molecule is O=C(Nc1cccc(OC2CCCC2)c1)c1cc(S(=O)(=O)N2CCCC2)ccc1Cl. The third kappa shape index (κ3) is 4.63. The number of amides is 1. The van der Waals surface area contributed by atoms with Gasteiger partial charge in [0.1, 0.15) is 5.75 Å². The standard InChI is InChI=1S/C22H25ClN2O4S/c23-21-11-10-19(30(27,28)25-12-3-4-13-25)15-20(21)22(26)24-16-6-5-9-18(14-16)29-17-7-1-2-8-17/h5-6,9-11,14-15,17H,1-4,7-8,12-13H2,(H,24,26). The smallest absolute Gasteiger partial charge is 0.257 e. The minimum Gasteiger partial charge on any atom is -0.490 e. The van der Waals surface area contributed by atoms with Gasteiger partial charge >= 0.3 is 0 Å². The van der Waals surface area contributed by atoms with Crippen LogP contribution in [0.25, 0.3) is 0 Å². The molecule has 2 aromatic rings. The van der Waals surface area contributed by atoms with Crippen LogP contribution in [0.5, 0.6) is 5.75 Å². The number of nitrogens with one attached hydrogen (secondary N) is 1. The monoisotopic (exact) mass is 448 g/mol. The fraction of sp³-hybridized carbons (Fsp3) is 0.409. The van der Waals surface area contributed by atoms with Crippen molar-refractivity contribution in [3.8, 4) is 5.75 Å². The lowest BCUT2D eigenvalue weighted by molar-refractivity contribution is 0.102. The molecule has 8 heteroatoms. The molecule has 0 bridgehead atoms. The van der Waals surface area contributed by atoms with Gasteiger partial charge in [0.25, 0.3) is 5.91 Å². The first-order valence-electron chi connectivity index (χ1n) is 10.3. The molecule has 2 fully saturated rings. The first kappa shape index (κ1) is 21.2. The molecule has 160 valence electrons. The summed E-state index contributed by atoms with van der Waals surface area (Å²) in [6.45, 7) is 1.00. The number of carbonyl (C=O) groups is 1. The molecule has 4 rings (SSSR count). The van der Waals surface area contributed by atoms with Gasteiger partial charge in [-0.2, -0.15) is 4.31 Å². The van der Waals surface area contributed by atoms with Gasteiger partial charge in [0, 0.05) is 24.8 Å². The van der Waals surface area contributed by atoms with Gasteiger partial charge in [-0.3, -0.25) is 4.79 Å². The number of anilines is 1. The molecule has 1 amide bonds. The second-order valence-corrected chi connectivity index (χ2v) is 10.1. The molecule has 1 aliphatic carbocycles. The molecular formula is C22H25ClN2O4S. The number of ether oxygens (including phenoxy) is 1. The largest absolute Gasteiger partial charge is 0.490 e. The number of nitrogens with zero attached hydrogens (tertiary/aromatic N) is 1. The summed E-state index contributed by atoms with van der Waals surface area (Å²) in [5.74, 6) is 0.243. The normalized spacial score (nSPS) is 17.9. The first-order chi connectivity index (χ1) is 14.4. The van der Waals surface area contributed by atoms with Gasteiger partial charge < -0.3 is 10.1 Å². The summed E-state index contributed by atoms with van der Waals surface area (Å²) < 4.78 is 33.1. The highest BCUT2D eigenvalue weighted by molar-refractivity contribution is 7.89. The van der Waals surface area contributed by atoms with E-state index in [2.05, 4.69) is 5.32 Å². The molecule has 1 saturated carbocycles. The van der Waals surface area contributed by atoms with E-state index in [1.54, 1.807) is 12.1 Å². The fourth-order valence-corrected chi connectivity index (χ4v) is 5.71. The Bertz CT molecular complexity index is 1030. The molecule has 0 radical (unpaired) electrons. The third-order valence-electron chi connectivity index (χ3n) is 5.58. The van der Waals surface area contributed by atoms with Crippen LogP contribution in [0.15, 0.2) is 47.4 Å². The molecule has 30 heavy (non-hydrogen) atoms. The van der Waals surface area contributed by atoms with E-state index in [0.717, 1.165) is 25.7 Å². The van der Waals surface area contributed by atoms with Crippen molar-refractivity contribution in [1.29, 1.82) is 0 Å². The first-order valence-corrected chi connectivity index (χ1v) is 12.1. The van der Waals surface area contributed by atoms with Gasteiger partial charge in [-0.1, -0.05) is 17.7 Å². The van der Waals surface area contributed by atoms with E-state index < -0.39 is 15.9 Å². The molecule has 2 aliphatic rings. The second kappa shape index (κ2) is 8.96. The highest BCUT2D eigenvalue weighted by Gasteiger charge is 2.28. The van der Waals surface area contributed by atoms with Gasteiger partial charge in [0.15, 0.2) is 0 Å². The molecule has 0 atom stereocenters. The zero-order valence-corrected chi connectivity index (χ0v) is 18.2. The van der Waals surface area contributed by atoms with Gasteiger partial charge in [0.2, 0.25) is 10.0 Å². The Morgan fingerprint density at radius 1 is 1.03 bits per heavy atom. The number of carbonyl (C=O) groups excluding carboxylic acids is 1. The molecule has 1 N–H and O–H groups in total. The summed E-state index contributed by atoms with van der Waals surface area (Å²) in [5.41, 5.74) is 0.693. The summed E-state index contributed by atoms with van der Waals surface area (Å²) in [7, 11) is -3.63. The van der Waals surface area contributed by atoms with E-state index >= 15 is 0 Å². The van der Waals surface area contributed by atoms with Crippen molar-refractivity contribution in [2.75, 3.05) is 18.4 Å². The summed E-state index contributed by atoms with van der Waals surface area (Å²) in [4.78, 5) is 12.9. The van der Waals surface area contributed by atoms with Gasteiger partial charge in [-0.05, 0) is 68.9 Å². The lowest BCUT2D eigenvalue weighted by Gasteiger charge is -2.17. The molecule has 0 spiro atoms. The zero-order valence-electron chi connectivity index (χ0n) is 16.6. The predicted molar refractivity (Wildman–Crippen MR) is 117 cm³/mol. The summed E-state index contributed by atoms with van der Waals surface area (Å²) in [5, 5.41) is 3.00. The number of benzene rings is 2. The Morgan fingerprint density at radius 3 is 2.50 bits per heavy atom. The third-order valence-corrected chi connectivity index (χ3v) is 7.81. The highest BCUT2D eigenvalue weighted by atomic mass is 35.5. The number of halogens is 1. The summed E-state index contributed by atoms with van der Waals surface area (Å²) in [6.07, 6.45) is 6.36. The van der Waals surface area contributed by atoms with Crippen LogP contribution < -0.4 is 10.1 Å². The average Bonchev–Trinajstić information content (AvgIpc) is 3.43. The zero-order chi connectivity index (χ0) is 21.1. The summed E-state index contributed by atoms with van der Waals surface area (Å²) in [6, 6.07) is 11.5. The number of sulfonamides is 1. The van der Waals surface area contributed by atoms with Crippen molar-refractivity contribution < 1.29 is 17.9 Å². The summed E-state index contributed by atoms with van der Waals surface area (Å²) >= 11 is 6.22. The van der Waals surface area contributed by atoms with Crippen molar-refractivity contribution in [3.63, 3.8) is 0 Å². The van der Waals surface area contributed by atoms with Crippen LogP contribution in [0.4, 0.5) is 5.69 Å². The Hall–Kier alpha value is -2.09. The van der Waals surface area contributed by atoms with Crippen molar-refractivity contribution in [1.82, 2.24) is 4.31 Å². The van der Waals surface area contributed by atoms with Gasteiger partial charge in [-0.15, -0.1) is 0 Å². The van der Waals surface area contributed by atoms with Crippen LogP contribution in [0.3, 0.4) is 0 Å². The maximum absolute atomic E-state index is 12.8. The molecule has 1 aliphatic heterocycles. The lowest BCUT2D eigenvalue weighted by Crippen LogP contribution is -2.28. The van der Waals surface area contributed by atoms with Crippen LogP contribution >= 0.6 is 11.6 Å². The fourth-order valence-electron chi connectivity index (χ4n) is 3.96. The van der Waals surface area contributed by atoms with E-state index in [9.17, 15) is 13.2 Å². The Balaban J connectivity index is 1.52. The van der Waals surface area contributed by atoms with Crippen molar-refractivity contribution in [2.45, 2.75) is 49.5 Å². The number of hydrogen-bond acceptors (Lipinski definition) is 4. The quantitative estimate of drug-likeness (QED) is 0.695. The van der Waals surface area contributed by atoms with Crippen molar-refractivity contribution in [2.24, 2.45) is 0 Å². The van der Waals surface area contributed by atoms with Gasteiger partial charge in [0.05, 0.1) is 21.6 Å². The number of rotatable bonds is 6. The molecule has 0 unspecified atom stereocenters. The van der Waals surface area contributed by atoms with Crippen LogP contribution in [-0.4, -0.2) is 37.8 Å². The minimum absolute atomic E-state index is 0.0808. The van der Waals surface area contributed by atoms with Crippen molar-refractivity contribution >= 4 is 33.2 Å². The number of hydrogen-bond donors (Lipinski definition) is 1. The second-order valence-electron chi connectivity index (χ2n) is 7.76. The average molecular weight is 449 g/mol.